The number of nitrogens with one attached hydrogen (secondary N) is 9. The molecule has 30 heteroatoms. The van der Waals surface area contributed by atoms with Crippen molar-refractivity contribution in [3.8, 4) is 5.75 Å². The molecule has 0 aromatic heterocycles. The fraction of sp³-hybridized carbons (Fsp3) is 0.500. The van der Waals surface area contributed by atoms with Crippen molar-refractivity contribution >= 4 is 83.0 Å². The molecule has 0 aliphatic heterocycles. The molecule has 0 saturated carbocycles. The van der Waals surface area contributed by atoms with Crippen molar-refractivity contribution in [3.05, 3.63) is 65.7 Å². The Morgan fingerprint density at radius 1 is 0.439 bits per heavy atom. The molecule has 0 aliphatic rings. The molecule has 0 heterocycles. The molecule has 30 nitrogen and oxygen atoms in total. The summed E-state index contributed by atoms with van der Waals surface area (Å²) in [6.45, 7) is 4.66. The zero-order valence-corrected chi connectivity index (χ0v) is 45.4. The van der Waals surface area contributed by atoms with E-state index in [1.807, 2.05) is 0 Å². The lowest BCUT2D eigenvalue weighted by Crippen LogP contribution is -2.60. The van der Waals surface area contributed by atoms with E-state index in [0.717, 1.165) is 6.92 Å². The third-order valence-electron chi connectivity index (χ3n) is 12.4. The Hall–Kier alpha value is -9.22. The van der Waals surface area contributed by atoms with Crippen molar-refractivity contribution in [2.75, 3.05) is 6.54 Å². The molecule has 2 aromatic carbocycles. The third-order valence-corrected chi connectivity index (χ3v) is 12.4. The molecule has 9 amide bonds. The molecule has 10 atom stereocenters. The van der Waals surface area contributed by atoms with Crippen molar-refractivity contribution in [3.63, 3.8) is 0 Å². The summed E-state index contributed by atoms with van der Waals surface area (Å²) in [6, 6.07) is -0.555. The molecule has 0 saturated heterocycles. The zero-order chi connectivity index (χ0) is 61.8. The van der Waals surface area contributed by atoms with Crippen molar-refractivity contribution in [1.29, 1.82) is 0 Å². The number of aliphatic carboxylic acids is 5. The molecule has 0 radical (unpaired) electrons. The summed E-state index contributed by atoms with van der Waals surface area (Å²) < 4.78 is 0. The first-order valence-corrected chi connectivity index (χ1v) is 25.9. The minimum absolute atomic E-state index is 0.164. The van der Waals surface area contributed by atoms with E-state index >= 15 is 0 Å². The number of carbonyl (C=O) groups is 14. The molecule has 0 unspecified atom stereocenters. The minimum atomic E-state index is -1.73. The van der Waals surface area contributed by atoms with Gasteiger partial charge in [0.15, 0.2) is 0 Å². The van der Waals surface area contributed by atoms with Crippen LogP contribution in [0.5, 0.6) is 5.75 Å². The van der Waals surface area contributed by atoms with Crippen LogP contribution in [-0.2, 0) is 80.0 Å². The summed E-state index contributed by atoms with van der Waals surface area (Å²) in [6.07, 6.45) is -5.21. The van der Waals surface area contributed by atoms with Crippen LogP contribution < -0.4 is 53.6 Å². The Bertz CT molecular complexity index is 2600. The summed E-state index contributed by atoms with van der Waals surface area (Å²) in [5.41, 5.74) is 6.40. The van der Waals surface area contributed by atoms with Crippen molar-refractivity contribution in [1.82, 2.24) is 47.9 Å². The Morgan fingerprint density at radius 2 is 0.805 bits per heavy atom. The minimum Gasteiger partial charge on any atom is -0.508 e. The lowest BCUT2D eigenvalue weighted by atomic mass is 9.96. The number of phenolic OH excluding ortho intramolecular Hbond substituents is 1. The second-order valence-electron chi connectivity index (χ2n) is 19.2. The maximum Gasteiger partial charge on any atom is 0.325 e. The van der Waals surface area contributed by atoms with Gasteiger partial charge in [0.2, 0.25) is 53.2 Å². The SMILES string of the molecule is CC[C@H](C)[C@H](NC(=O)[C@H](CCC(=O)O)NC(=O)[C@H](CCC(=O)O)NC(=O)[C@H](C)N)C(=O)N[C@@H](Cc1ccc(O)cc1)C(=O)NCC(=O)N[C@@H](CCC(=O)O)C(=O)N[C@@H](Cc1ccccc1)C(=O)N[C@@H](CCC(=O)O)C(=O)N[C@@H](C)C(=O)O. The van der Waals surface area contributed by atoms with E-state index in [0.29, 0.717) is 11.1 Å². The number of hydrogen-bond donors (Lipinski definition) is 16. The van der Waals surface area contributed by atoms with Crippen molar-refractivity contribution in [2.45, 2.75) is 153 Å². The molecule has 82 heavy (non-hydrogen) atoms. The molecule has 2 aromatic rings. The van der Waals surface area contributed by atoms with Gasteiger partial charge in [0, 0.05) is 38.5 Å². The number of nitrogens with two attached hydrogens (primary N) is 1. The second kappa shape index (κ2) is 34.7. The Kier molecular flexibility index (Phi) is 29.2. The monoisotopic (exact) mass is 1160 g/mol. The van der Waals surface area contributed by atoms with E-state index < -0.39 is 201 Å². The van der Waals surface area contributed by atoms with Gasteiger partial charge in [-0.1, -0.05) is 62.7 Å². The molecule has 2 rings (SSSR count). The second-order valence-corrected chi connectivity index (χ2v) is 19.2. The van der Waals surface area contributed by atoms with Crippen LogP contribution in [0.2, 0.25) is 0 Å². The van der Waals surface area contributed by atoms with Gasteiger partial charge >= 0.3 is 29.8 Å². The largest absolute Gasteiger partial charge is 0.508 e. The number of carboxylic acids is 5. The van der Waals surface area contributed by atoms with Gasteiger partial charge in [-0.05, 0) is 68.7 Å². The van der Waals surface area contributed by atoms with E-state index in [2.05, 4.69) is 47.9 Å². The van der Waals surface area contributed by atoms with Crippen LogP contribution >= 0.6 is 0 Å². The quantitative estimate of drug-likeness (QED) is 0.0323. The van der Waals surface area contributed by atoms with Crippen LogP contribution in [0.15, 0.2) is 54.6 Å². The van der Waals surface area contributed by atoms with Gasteiger partial charge < -0.3 is 84.2 Å². The number of carboxylic acid groups (broad SMARTS) is 5. The van der Waals surface area contributed by atoms with Crippen LogP contribution in [0.4, 0.5) is 0 Å². The summed E-state index contributed by atoms with van der Waals surface area (Å²) in [5.74, 6) is -17.3. The van der Waals surface area contributed by atoms with Gasteiger partial charge in [-0.25, -0.2) is 0 Å². The van der Waals surface area contributed by atoms with Gasteiger partial charge in [0.1, 0.15) is 54.1 Å². The highest BCUT2D eigenvalue weighted by Gasteiger charge is 2.36. The maximum atomic E-state index is 14.2. The highest BCUT2D eigenvalue weighted by Crippen LogP contribution is 2.15. The molecule has 0 fully saturated rings. The van der Waals surface area contributed by atoms with E-state index in [-0.39, 0.29) is 25.0 Å². The number of aromatic hydroxyl groups is 1. The first-order valence-electron chi connectivity index (χ1n) is 25.9. The van der Waals surface area contributed by atoms with Crippen LogP contribution in [-0.4, -0.2) is 175 Å². The van der Waals surface area contributed by atoms with E-state index in [9.17, 15) is 97.8 Å². The highest BCUT2D eigenvalue weighted by molar-refractivity contribution is 5.98. The van der Waals surface area contributed by atoms with E-state index in [1.54, 1.807) is 37.3 Å². The van der Waals surface area contributed by atoms with Crippen LogP contribution in [0.3, 0.4) is 0 Å². The van der Waals surface area contributed by atoms with Gasteiger partial charge in [0.05, 0.1) is 12.6 Å². The lowest BCUT2D eigenvalue weighted by molar-refractivity contribution is -0.142. The maximum absolute atomic E-state index is 14.2. The standard InChI is InChI=1S/C52H72N10O20/c1-5-26(2)43(62-49(78)35(18-22-42(71)72)58-48(77)34(17-21-41(69)70)57-44(73)27(3)53)51(80)61-36(24-30-11-13-31(63)14-12-30)45(74)54-25-38(64)56-32(15-19-39(65)66)47(76)60-37(23-29-9-7-6-8-10-29)50(79)59-33(16-20-40(67)68)46(75)55-28(4)52(81)82/h6-14,26-28,32-37,43,63H,5,15-25,53H2,1-4H3,(H,54,74)(H,55,75)(H,56,64)(H,57,73)(H,58,77)(H,59,79)(H,60,76)(H,61,80)(H,62,78)(H,65,66)(H,67,68)(H,69,70)(H,71,72)(H,81,82)/t26-,27-,28-,32-,33-,34-,35-,36-,37-,43-/m0/s1. The first kappa shape index (κ1) is 68.9. The van der Waals surface area contributed by atoms with Crippen LogP contribution in [0.25, 0.3) is 0 Å². The molecule has 0 aliphatic carbocycles. The molecule has 0 bridgehead atoms. The van der Waals surface area contributed by atoms with E-state index in [1.165, 1.54) is 38.1 Å². The zero-order valence-electron chi connectivity index (χ0n) is 45.4. The summed E-state index contributed by atoms with van der Waals surface area (Å²) >= 11 is 0. The van der Waals surface area contributed by atoms with Crippen molar-refractivity contribution in [2.24, 2.45) is 11.7 Å². The molecular formula is C52H72N10O20. The fourth-order valence-corrected chi connectivity index (χ4v) is 7.53. The number of hydrogen-bond acceptors (Lipinski definition) is 16. The van der Waals surface area contributed by atoms with Crippen LogP contribution in [0.1, 0.15) is 96.6 Å². The molecular weight excluding hydrogens is 1080 g/mol. The predicted octanol–water partition coefficient (Wildman–Crippen LogP) is -2.87. The number of phenols is 1. The smallest absolute Gasteiger partial charge is 0.325 e. The predicted molar refractivity (Wildman–Crippen MR) is 284 cm³/mol. The summed E-state index contributed by atoms with van der Waals surface area (Å²) in [5, 5.41) is 77.9. The normalized spacial score (nSPS) is 14.5. The Balaban J connectivity index is 2.45. The number of amides is 9. The number of carbonyl (C=O) groups excluding carboxylic acids is 9. The summed E-state index contributed by atoms with van der Waals surface area (Å²) in [4.78, 5) is 180. The van der Waals surface area contributed by atoms with Gasteiger partial charge in [-0.2, -0.15) is 0 Å². The molecule has 0 spiro atoms. The highest BCUT2D eigenvalue weighted by atomic mass is 16.4. The summed E-state index contributed by atoms with van der Waals surface area (Å²) in [7, 11) is 0. The topological polar surface area (TPSA) is 495 Å². The van der Waals surface area contributed by atoms with E-state index in [4.69, 9.17) is 5.73 Å². The van der Waals surface area contributed by atoms with Gasteiger partial charge in [-0.15, -0.1) is 0 Å². The van der Waals surface area contributed by atoms with Gasteiger partial charge in [-0.3, -0.25) is 67.1 Å². The average Bonchev–Trinajstić information content (AvgIpc) is 3.44. The van der Waals surface area contributed by atoms with Crippen LogP contribution in [0, 0.1) is 5.92 Å². The number of benzene rings is 2. The van der Waals surface area contributed by atoms with Gasteiger partial charge in [0.25, 0.3) is 0 Å². The fourth-order valence-electron chi connectivity index (χ4n) is 7.53. The van der Waals surface area contributed by atoms with Crippen molar-refractivity contribution < 1.29 is 97.8 Å². The first-order chi connectivity index (χ1) is 38.5. The lowest BCUT2D eigenvalue weighted by Gasteiger charge is -2.29. The number of rotatable bonds is 37. The average molecular weight is 1160 g/mol. The molecule has 450 valence electrons. The third kappa shape index (κ3) is 25.7. The Morgan fingerprint density at radius 3 is 1.23 bits per heavy atom. The Labute approximate surface area is 469 Å². The molecule has 17 N–H and O–H groups in total.